The third-order valence-electron chi connectivity index (χ3n) is 6.23. The van der Waals surface area contributed by atoms with Gasteiger partial charge in [-0.1, -0.05) is 6.07 Å². The molecule has 0 radical (unpaired) electrons. The van der Waals surface area contributed by atoms with Crippen LogP contribution in [0.5, 0.6) is 0 Å². The van der Waals surface area contributed by atoms with Crippen molar-refractivity contribution in [2.75, 3.05) is 23.3 Å². The molecule has 4 aromatic rings. The summed E-state index contributed by atoms with van der Waals surface area (Å²) in [5, 5.41) is 13.3. The van der Waals surface area contributed by atoms with Crippen LogP contribution in [0.4, 0.5) is 17.7 Å². The smallest absolute Gasteiger partial charge is 0.269 e. The average molecular weight is 444 g/mol. The van der Waals surface area contributed by atoms with Gasteiger partial charge in [0, 0.05) is 31.5 Å². The Kier molecular flexibility index (Phi) is 4.89. The second kappa shape index (κ2) is 8.19. The topological polar surface area (TPSA) is 116 Å². The van der Waals surface area contributed by atoms with Gasteiger partial charge in [0.1, 0.15) is 11.3 Å². The molecule has 1 saturated carbocycles. The van der Waals surface area contributed by atoms with Crippen molar-refractivity contribution in [3.63, 3.8) is 0 Å². The van der Waals surface area contributed by atoms with Gasteiger partial charge in [-0.2, -0.15) is 15.1 Å². The standard InChI is InChI=1S/C23H25N9O/c33-21(25-14-15-8-9-15)17-13-19(30-29-17)26-22-28-23(27-20-7-4-12-32(20)22)31-11-3-6-18(31)16-5-1-2-10-24-16/h1-2,4-5,7,10,12-13,15,18H,3,6,8-9,11,14H2,(H,25,33)(H2,26,27,28,29,30). The molecule has 1 aliphatic carbocycles. The van der Waals surface area contributed by atoms with E-state index in [0.29, 0.717) is 35.9 Å². The zero-order valence-corrected chi connectivity index (χ0v) is 18.1. The molecule has 10 heteroatoms. The Hall–Kier alpha value is -3.95. The zero-order chi connectivity index (χ0) is 22.2. The highest BCUT2D eigenvalue weighted by Gasteiger charge is 2.30. The van der Waals surface area contributed by atoms with Crippen molar-refractivity contribution in [3.05, 3.63) is 60.2 Å². The molecule has 2 fully saturated rings. The number of fused-ring (bicyclic) bond motifs is 1. The summed E-state index contributed by atoms with van der Waals surface area (Å²) in [6.45, 7) is 1.58. The number of carbonyl (C=O) groups excluding carboxylic acids is 1. The third kappa shape index (κ3) is 3.99. The van der Waals surface area contributed by atoms with Gasteiger partial charge in [-0.3, -0.25) is 19.3 Å². The van der Waals surface area contributed by atoms with Gasteiger partial charge in [-0.05, 0) is 55.9 Å². The third-order valence-corrected chi connectivity index (χ3v) is 6.23. The largest absolute Gasteiger partial charge is 0.350 e. The SMILES string of the molecule is O=C(NCC1CC1)c1cc(Nc2nc(N3CCCC3c3ccccn3)nc3cccn23)n[nH]1. The molecule has 4 aromatic heterocycles. The number of aromatic nitrogens is 6. The summed E-state index contributed by atoms with van der Waals surface area (Å²) in [5.74, 6) is 2.23. The molecule has 2 aliphatic rings. The van der Waals surface area contributed by atoms with E-state index in [2.05, 4.69) is 36.8 Å². The minimum Gasteiger partial charge on any atom is -0.350 e. The summed E-state index contributed by atoms with van der Waals surface area (Å²) >= 11 is 0. The number of rotatable bonds is 7. The molecule has 1 unspecified atom stereocenters. The van der Waals surface area contributed by atoms with Crippen LogP contribution in [0.25, 0.3) is 5.65 Å². The Morgan fingerprint density at radius 2 is 2.09 bits per heavy atom. The molecule has 1 aliphatic heterocycles. The fourth-order valence-electron chi connectivity index (χ4n) is 4.29. The van der Waals surface area contributed by atoms with Crippen LogP contribution in [0.3, 0.4) is 0 Å². The van der Waals surface area contributed by atoms with Crippen LogP contribution in [0.1, 0.15) is 47.9 Å². The Labute approximate surface area is 190 Å². The lowest BCUT2D eigenvalue weighted by molar-refractivity contribution is 0.0947. The molecule has 10 nitrogen and oxygen atoms in total. The van der Waals surface area contributed by atoms with Crippen LogP contribution in [-0.2, 0) is 0 Å². The Balaban J connectivity index is 1.27. The first-order valence-electron chi connectivity index (χ1n) is 11.4. The molecule has 0 bridgehead atoms. The Bertz CT molecular complexity index is 1280. The van der Waals surface area contributed by atoms with E-state index in [1.165, 1.54) is 12.8 Å². The maximum Gasteiger partial charge on any atom is 0.269 e. The van der Waals surface area contributed by atoms with E-state index in [1.807, 2.05) is 41.1 Å². The summed E-state index contributed by atoms with van der Waals surface area (Å²) in [5.41, 5.74) is 2.23. The lowest BCUT2D eigenvalue weighted by Crippen LogP contribution is -2.26. The molecule has 0 spiro atoms. The monoisotopic (exact) mass is 443 g/mol. The number of H-pyrrole nitrogens is 1. The summed E-state index contributed by atoms with van der Waals surface area (Å²) in [6, 6.07) is 11.7. The molecule has 168 valence electrons. The van der Waals surface area contributed by atoms with Crippen molar-refractivity contribution >= 4 is 29.3 Å². The fourth-order valence-corrected chi connectivity index (χ4v) is 4.29. The van der Waals surface area contributed by atoms with Gasteiger partial charge in [-0.25, -0.2) is 0 Å². The molecular formula is C23H25N9O. The number of carbonyl (C=O) groups is 1. The molecule has 33 heavy (non-hydrogen) atoms. The van der Waals surface area contributed by atoms with Crippen molar-refractivity contribution in [1.82, 2.24) is 34.9 Å². The van der Waals surface area contributed by atoms with Gasteiger partial charge >= 0.3 is 0 Å². The van der Waals surface area contributed by atoms with Gasteiger partial charge in [0.2, 0.25) is 11.9 Å². The first kappa shape index (κ1) is 19.7. The van der Waals surface area contributed by atoms with Crippen LogP contribution >= 0.6 is 0 Å². The molecule has 1 atom stereocenters. The number of nitrogens with zero attached hydrogens (tertiary/aromatic N) is 6. The van der Waals surface area contributed by atoms with Crippen molar-refractivity contribution < 1.29 is 4.79 Å². The first-order chi connectivity index (χ1) is 16.2. The lowest BCUT2D eigenvalue weighted by atomic mass is 10.1. The quantitative estimate of drug-likeness (QED) is 0.402. The van der Waals surface area contributed by atoms with Crippen molar-refractivity contribution in [2.24, 2.45) is 5.92 Å². The van der Waals surface area contributed by atoms with Crippen molar-refractivity contribution in [2.45, 2.75) is 31.7 Å². The van der Waals surface area contributed by atoms with E-state index < -0.39 is 0 Å². The zero-order valence-electron chi connectivity index (χ0n) is 18.1. The number of nitrogens with one attached hydrogen (secondary N) is 3. The highest BCUT2D eigenvalue weighted by Crippen LogP contribution is 2.34. The highest BCUT2D eigenvalue weighted by molar-refractivity contribution is 5.93. The fraction of sp³-hybridized carbons (Fsp3) is 0.348. The van der Waals surface area contributed by atoms with Crippen LogP contribution in [-0.4, -0.2) is 48.5 Å². The van der Waals surface area contributed by atoms with Gasteiger partial charge in [0.15, 0.2) is 5.82 Å². The van der Waals surface area contributed by atoms with E-state index >= 15 is 0 Å². The minimum absolute atomic E-state index is 0.142. The lowest BCUT2D eigenvalue weighted by Gasteiger charge is -2.24. The molecule has 1 amide bonds. The predicted octanol–water partition coefficient (Wildman–Crippen LogP) is 3.07. The van der Waals surface area contributed by atoms with Gasteiger partial charge < -0.3 is 15.5 Å². The minimum atomic E-state index is -0.146. The predicted molar refractivity (Wildman–Crippen MR) is 123 cm³/mol. The Morgan fingerprint density at radius 3 is 2.94 bits per heavy atom. The average Bonchev–Trinajstić information content (AvgIpc) is 3.23. The van der Waals surface area contributed by atoms with E-state index in [9.17, 15) is 4.79 Å². The molecule has 6 rings (SSSR count). The number of hydrogen-bond acceptors (Lipinski definition) is 7. The summed E-state index contributed by atoms with van der Waals surface area (Å²) in [7, 11) is 0. The van der Waals surface area contributed by atoms with Crippen LogP contribution in [0, 0.1) is 5.92 Å². The number of hydrogen-bond donors (Lipinski definition) is 3. The van der Waals surface area contributed by atoms with Crippen molar-refractivity contribution in [3.8, 4) is 0 Å². The maximum absolute atomic E-state index is 12.4. The molecule has 3 N–H and O–H groups in total. The summed E-state index contributed by atoms with van der Waals surface area (Å²) in [4.78, 5) is 28.8. The van der Waals surface area contributed by atoms with Crippen LogP contribution in [0.2, 0.25) is 0 Å². The normalized spacial score (nSPS) is 18.1. The van der Waals surface area contributed by atoms with E-state index in [-0.39, 0.29) is 11.9 Å². The van der Waals surface area contributed by atoms with Crippen LogP contribution < -0.4 is 15.5 Å². The number of anilines is 3. The van der Waals surface area contributed by atoms with Crippen LogP contribution in [0.15, 0.2) is 48.8 Å². The Morgan fingerprint density at radius 1 is 1.15 bits per heavy atom. The summed E-state index contributed by atoms with van der Waals surface area (Å²) in [6.07, 6.45) is 8.17. The highest BCUT2D eigenvalue weighted by atomic mass is 16.1. The van der Waals surface area contributed by atoms with E-state index in [1.54, 1.807) is 6.07 Å². The second-order valence-corrected chi connectivity index (χ2v) is 8.63. The molecule has 5 heterocycles. The second-order valence-electron chi connectivity index (χ2n) is 8.63. The van der Waals surface area contributed by atoms with Gasteiger partial charge in [-0.15, -0.1) is 0 Å². The number of aromatic amines is 1. The van der Waals surface area contributed by atoms with Gasteiger partial charge in [0.05, 0.1) is 11.7 Å². The van der Waals surface area contributed by atoms with Crippen molar-refractivity contribution in [1.29, 1.82) is 0 Å². The summed E-state index contributed by atoms with van der Waals surface area (Å²) < 4.78 is 1.87. The first-order valence-corrected chi connectivity index (χ1v) is 11.4. The number of pyridine rings is 1. The molecular weight excluding hydrogens is 418 g/mol. The van der Waals surface area contributed by atoms with Gasteiger partial charge in [0.25, 0.3) is 5.91 Å². The molecule has 0 aromatic carbocycles. The molecule has 1 saturated heterocycles. The number of amides is 1. The maximum atomic E-state index is 12.4. The van der Waals surface area contributed by atoms with E-state index in [4.69, 9.17) is 9.97 Å². The van der Waals surface area contributed by atoms with E-state index in [0.717, 1.165) is 30.7 Å².